The molecule has 3 aromatic rings. The quantitative estimate of drug-likeness (QED) is 0.706. The molecular weight excluding hydrogens is 376 g/mol. The molecule has 1 aliphatic rings. The maximum absolute atomic E-state index is 13.0. The first kappa shape index (κ1) is 20.1. The molecule has 1 fully saturated rings. The highest BCUT2D eigenvalue weighted by molar-refractivity contribution is 5.84. The monoisotopic (exact) mass is 404 g/mol. The Morgan fingerprint density at radius 1 is 1.07 bits per heavy atom. The summed E-state index contributed by atoms with van der Waals surface area (Å²) in [6, 6.07) is 17.5. The number of rotatable bonds is 5. The third-order valence-electron chi connectivity index (χ3n) is 6.00. The topological polar surface area (TPSA) is 67.2 Å². The van der Waals surface area contributed by atoms with Crippen LogP contribution in [0.4, 0.5) is 0 Å². The number of aromatic nitrogens is 2. The Morgan fingerprint density at radius 3 is 2.43 bits per heavy atom. The lowest BCUT2D eigenvalue weighted by Gasteiger charge is -2.32. The summed E-state index contributed by atoms with van der Waals surface area (Å²) in [6.07, 6.45) is 1.72. The van der Waals surface area contributed by atoms with E-state index in [-0.39, 0.29) is 23.8 Å². The number of fused-ring (bicyclic) bond motifs is 1. The van der Waals surface area contributed by atoms with Crippen LogP contribution in [0, 0.1) is 0 Å². The zero-order chi connectivity index (χ0) is 21.1. The van der Waals surface area contributed by atoms with Gasteiger partial charge in [0.05, 0.1) is 11.0 Å². The van der Waals surface area contributed by atoms with Gasteiger partial charge in [-0.25, -0.2) is 4.98 Å². The highest BCUT2D eigenvalue weighted by atomic mass is 16.2. The van der Waals surface area contributed by atoms with Crippen LogP contribution in [0.15, 0.2) is 54.6 Å². The molecular formula is C24H28N4O2. The van der Waals surface area contributed by atoms with Crippen molar-refractivity contribution in [2.24, 2.45) is 0 Å². The second-order valence-corrected chi connectivity index (χ2v) is 7.99. The van der Waals surface area contributed by atoms with Crippen LogP contribution in [0.2, 0.25) is 0 Å². The Labute approximate surface area is 176 Å². The largest absolute Gasteiger partial charge is 0.350 e. The fourth-order valence-corrected chi connectivity index (χ4v) is 4.26. The van der Waals surface area contributed by atoms with Crippen LogP contribution in [0.1, 0.15) is 50.0 Å². The minimum absolute atomic E-state index is 0.0237. The maximum atomic E-state index is 13.0. The van der Waals surface area contributed by atoms with Crippen LogP contribution in [0.3, 0.4) is 0 Å². The molecule has 1 aromatic heterocycles. The van der Waals surface area contributed by atoms with Gasteiger partial charge in [-0.05, 0) is 37.5 Å². The number of likely N-dealkylation sites (tertiary alicyclic amines) is 1. The van der Waals surface area contributed by atoms with E-state index in [2.05, 4.69) is 9.88 Å². The lowest BCUT2D eigenvalue weighted by atomic mass is 9.95. The van der Waals surface area contributed by atoms with Gasteiger partial charge in [0, 0.05) is 32.5 Å². The van der Waals surface area contributed by atoms with Crippen molar-refractivity contribution in [3.8, 4) is 0 Å². The Kier molecular flexibility index (Phi) is 5.84. The van der Waals surface area contributed by atoms with Crippen molar-refractivity contribution in [2.75, 3.05) is 13.1 Å². The van der Waals surface area contributed by atoms with E-state index >= 15 is 0 Å². The predicted molar refractivity (Wildman–Crippen MR) is 117 cm³/mol. The normalized spacial score (nSPS) is 15.9. The average Bonchev–Trinajstić information content (AvgIpc) is 3.17. The van der Waals surface area contributed by atoms with Crippen molar-refractivity contribution in [3.05, 3.63) is 66.0 Å². The fourth-order valence-electron chi connectivity index (χ4n) is 4.26. The Bertz CT molecular complexity index is 1040. The van der Waals surface area contributed by atoms with Gasteiger partial charge in [0.1, 0.15) is 11.9 Å². The summed E-state index contributed by atoms with van der Waals surface area (Å²) >= 11 is 0. The molecule has 30 heavy (non-hydrogen) atoms. The number of imidazole rings is 1. The van der Waals surface area contributed by atoms with Gasteiger partial charge in [-0.3, -0.25) is 9.59 Å². The lowest BCUT2D eigenvalue weighted by molar-refractivity contribution is -0.129. The molecule has 0 spiro atoms. The van der Waals surface area contributed by atoms with Gasteiger partial charge < -0.3 is 14.8 Å². The summed E-state index contributed by atoms with van der Waals surface area (Å²) < 4.78 is 2.09. The number of hydrogen-bond acceptors (Lipinski definition) is 3. The SMILES string of the molecule is CC(=O)N1CCC(c2nc3ccccc3n2C(C)C(=O)NCc2ccccc2)CC1. The Balaban J connectivity index is 1.58. The summed E-state index contributed by atoms with van der Waals surface area (Å²) in [5, 5.41) is 3.06. The number of carbonyl (C=O) groups excluding carboxylic acids is 2. The van der Waals surface area contributed by atoms with Crippen molar-refractivity contribution in [3.63, 3.8) is 0 Å². The number of piperidine rings is 1. The molecule has 156 valence electrons. The zero-order valence-corrected chi connectivity index (χ0v) is 17.5. The molecule has 2 amide bonds. The standard InChI is InChI=1S/C24H28N4O2/c1-17(24(30)25-16-19-8-4-3-5-9-19)28-22-11-7-6-10-21(22)26-23(28)20-12-14-27(15-13-20)18(2)29/h3-11,17,20H,12-16H2,1-2H3,(H,25,30). The molecule has 1 atom stereocenters. The molecule has 0 bridgehead atoms. The number of nitrogens with zero attached hydrogens (tertiary/aromatic N) is 3. The highest BCUT2D eigenvalue weighted by Crippen LogP contribution is 2.32. The van der Waals surface area contributed by atoms with Gasteiger partial charge in [0.2, 0.25) is 11.8 Å². The van der Waals surface area contributed by atoms with E-state index in [0.717, 1.165) is 48.4 Å². The summed E-state index contributed by atoms with van der Waals surface area (Å²) in [7, 11) is 0. The molecule has 0 saturated carbocycles. The number of para-hydroxylation sites is 2. The predicted octanol–water partition coefficient (Wildman–Crippen LogP) is 3.64. The summed E-state index contributed by atoms with van der Waals surface area (Å²) in [6.45, 7) is 5.52. The van der Waals surface area contributed by atoms with Gasteiger partial charge in [0.15, 0.2) is 0 Å². The molecule has 0 aliphatic carbocycles. The number of hydrogen-bond donors (Lipinski definition) is 1. The molecule has 0 radical (unpaired) electrons. The van der Waals surface area contributed by atoms with Crippen molar-refractivity contribution < 1.29 is 9.59 Å². The number of amides is 2. The van der Waals surface area contributed by atoms with Crippen LogP contribution in [0.25, 0.3) is 11.0 Å². The van der Waals surface area contributed by atoms with Crippen LogP contribution in [-0.2, 0) is 16.1 Å². The number of carbonyl (C=O) groups is 2. The molecule has 2 heterocycles. The molecule has 1 N–H and O–H groups in total. The van der Waals surface area contributed by atoms with E-state index in [9.17, 15) is 9.59 Å². The van der Waals surface area contributed by atoms with Crippen LogP contribution < -0.4 is 5.32 Å². The van der Waals surface area contributed by atoms with Crippen molar-refractivity contribution in [1.82, 2.24) is 19.8 Å². The first-order valence-electron chi connectivity index (χ1n) is 10.6. The van der Waals surface area contributed by atoms with Gasteiger partial charge in [-0.1, -0.05) is 42.5 Å². The minimum atomic E-state index is -0.373. The second kappa shape index (κ2) is 8.69. The minimum Gasteiger partial charge on any atom is -0.350 e. The second-order valence-electron chi connectivity index (χ2n) is 7.99. The first-order chi connectivity index (χ1) is 14.5. The molecule has 6 heteroatoms. The van der Waals surface area contributed by atoms with Crippen molar-refractivity contribution in [1.29, 1.82) is 0 Å². The molecule has 2 aromatic carbocycles. The van der Waals surface area contributed by atoms with E-state index in [1.807, 2.05) is 66.4 Å². The van der Waals surface area contributed by atoms with Crippen molar-refractivity contribution in [2.45, 2.75) is 45.2 Å². The van der Waals surface area contributed by atoms with Crippen LogP contribution in [0.5, 0.6) is 0 Å². The van der Waals surface area contributed by atoms with Gasteiger partial charge in [-0.2, -0.15) is 0 Å². The maximum Gasteiger partial charge on any atom is 0.243 e. The molecule has 1 aliphatic heterocycles. The lowest BCUT2D eigenvalue weighted by Crippen LogP contribution is -2.37. The Morgan fingerprint density at radius 2 is 1.73 bits per heavy atom. The smallest absolute Gasteiger partial charge is 0.243 e. The van der Waals surface area contributed by atoms with Crippen molar-refractivity contribution >= 4 is 22.8 Å². The summed E-state index contributed by atoms with van der Waals surface area (Å²) in [5.74, 6) is 1.28. The molecule has 1 unspecified atom stereocenters. The summed E-state index contributed by atoms with van der Waals surface area (Å²) in [4.78, 5) is 31.5. The van der Waals surface area contributed by atoms with Crippen LogP contribution >= 0.6 is 0 Å². The number of nitrogens with one attached hydrogen (secondary N) is 1. The third kappa shape index (κ3) is 4.08. The van der Waals surface area contributed by atoms with Gasteiger partial charge in [0.25, 0.3) is 0 Å². The van der Waals surface area contributed by atoms with E-state index in [1.165, 1.54) is 0 Å². The van der Waals surface area contributed by atoms with E-state index in [4.69, 9.17) is 4.98 Å². The fraction of sp³-hybridized carbons (Fsp3) is 0.375. The van der Waals surface area contributed by atoms with E-state index in [1.54, 1.807) is 6.92 Å². The molecule has 4 rings (SSSR count). The summed E-state index contributed by atoms with van der Waals surface area (Å²) in [5.41, 5.74) is 2.96. The zero-order valence-electron chi connectivity index (χ0n) is 17.5. The number of benzene rings is 2. The molecule has 6 nitrogen and oxygen atoms in total. The van der Waals surface area contributed by atoms with Crippen LogP contribution in [-0.4, -0.2) is 39.4 Å². The Hall–Kier alpha value is -3.15. The van der Waals surface area contributed by atoms with E-state index in [0.29, 0.717) is 6.54 Å². The highest BCUT2D eigenvalue weighted by Gasteiger charge is 2.29. The third-order valence-corrected chi connectivity index (χ3v) is 6.00. The first-order valence-corrected chi connectivity index (χ1v) is 10.6. The van der Waals surface area contributed by atoms with Gasteiger partial charge >= 0.3 is 0 Å². The molecule has 1 saturated heterocycles. The average molecular weight is 405 g/mol. The van der Waals surface area contributed by atoms with E-state index < -0.39 is 0 Å². The van der Waals surface area contributed by atoms with Gasteiger partial charge in [-0.15, -0.1) is 0 Å².